The van der Waals surface area contributed by atoms with Gasteiger partial charge in [-0.15, -0.1) is 0 Å². The third kappa shape index (κ3) is 20.2. The molecule has 0 saturated carbocycles. The Labute approximate surface area is 315 Å². The number of aldehydes is 1. The molecule has 52 heavy (non-hydrogen) atoms. The van der Waals surface area contributed by atoms with Gasteiger partial charge in [0.15, 0.2) is 6.29 Å². The number of hydrogen-bond acceptors (Lipinski definition) is 7. The molecule has 2 rings (SSSR count). The van der Waals surface area contributed by atoms with Crippen LogP contribution in [0.4, 0.5) is 16.2 Å². The first-order chi connectivity index (χ1) is 25.2. The van der Waals surface area contributed by atoms with Crippen molar-refractivity contribution in [3.8, 4) is 5.75 Å². The number of rotatable bonds is 31. The Morgan fingerprint density at radius 2 is 1.31 bits per heavy atom. The second-order valence-electron chi connectivity index (χ2n) is 14.3. The third-order valence-electron chi connectivity index (χ3n) is 9.66. The highest BCUT2D eigenvalue weighted by Gasteiger charge is 2.14. The van der Waals surface area contributed by atoms with Crippen LogP contribution in [0, 0.1) is 6.92 Å². The second-order valence-corrected chi connectivity index (χ2v) is 16.2. The molecular weight excluding hydrogens is 675 g/mol. The number of ether oxygens (including phenoxy) is 1. The van der Waals surface area contributed by atoms with Gasteiger partial charge in [0.25, 0.3) is 0 Å². The number of aromatic hydroxyl groups is 1. The number of phenols is 1. The van der Waals surface area contributed by atoms with Crippen LogP contribution in [0.25, 0.3) is 0 Å². The van der Waals surface area contributed by atoms with Gasteiger partial charge in [0.1, 0.15) is 12.4 Å². The third-order valence-corrected chi connectivity index (χ3v) is 11.1. The van der Waals surface area contributed by atoms with Gasteiger partial charge < -0.3 is 14.7 Å². The first kappa shape index (κ1) is 45.0. The number of phenolic OH excluding ortho intramolecular Hbond substituents is 1. The van der Waals surface area contributed by atoms with Gasteiger partial charge in [-0.3, -0.25) is 10.1 Å². The first-order valence-corrected chi connectivity index (χ1v) is 21.9. The molecule has 2 aromatic carbocycles. The van der Waals surface area contributed by atoms with E-state index in [1.54, 1.807) is 6.07 Å². The molecule has 0 bridgehead atoms. The average Bonchev–Trinajstić information content (AvgIpc) is 3.12. The number of sulfonamides is 1. The normalized spacial score (nSPS) is 11.4. The fourth-order valence-corrected chi connectivity index (χ4v) is 7.54. The van der Waals surface area contributed by atoms with Crippen LogP contribution in [0.15, 0.2) is 36.4 Å². The molecule has 0 heterocycles. The van der Waals surface area contributed by atoms with Crippen LogP contribution in [-0.4, -0.2) is 51.3 Å². The summed E-state index contributed by atoms with van der Waals surface area (Å²) in [6, 6.07) is 10.3. The summed E-state index contributed by atoms with van der Waals surface area (Å²) in [5.74, 6) is 0.00904. The molecule has 0 unspecified atom stereocenters. The molecule has 0 saturated heterocycles. The van der Waals surface area contributed by atoms with Gasteiger partial charge in [0.05, 0.1) is 11.3 Å². The molecule has 0 atom stereocenters. The molecule has 9 nitrogen and oxygen atoms in total. The van der Waals surface area contributed by atoms with E-state index in [0.717, 1.165) is 43.5 Å². The minimum atomic E-state index is -3.34. The van der Waals surface area contributed by atoms with E-state index in [1.807, 2.05) is 25.1 Å². The van der Waals surface area contributed by atoms with Crippen LogP contribution in [0.5, 0.6) is 5.75 Å². The van der Waals surface area contributed by atoms with Crippen molar-refractivity contribution < 1.29 is 27.9 Å². The van der Waals surface area contributed by atoms with E-state index >= 15 is 0 Å². The Hall–Kier alpha value is -3.11. The van der Waals surface area contributed by atoms with Gasteiger partial charge >= 0.3 is 6.09 Å². The molecule has 10 heteroatoms. The van der Waals surface area contributed by atoms with E-state index in [4.69, 9.17) is 4.74 Å². The predicted octanol–water partition coefficient (Wildman–Crippen LogP) is 10.8. The van der Waals surface area contributed by atoms with Crippen molar-refractivity contribution >= 4 is 33.8 Å². The molecule has 1 amide bonds. The zero-order chi connectivity index (χ0) is 37.9. The van der Waals surface area contributed by atoms with E-state index in [1.165, 1.54) is 108 Å². The summed E-state index contributed by atoms with van der Waals surface area (Å²) in [5.41, 5.74) is 3.18. The van der Waals surface area contributed by atoms with Crippen LogP contribution < -0.4 is 14.9 Å². The summed E-state index contributed by atoms with van der Waals surface area (Å²) >= 11 is 0. The number of nitrogens with one attached hydrogen (secondary N) is 2. The van der Waals surface area contributed by atoms with Crippen molar-refractivity contribution in [2.45, 2.75) is 156 Å². The minimum Gasteiger partial charge on any atom is -0.507 e. The smallest absolute Gasteiger partial charge is 0.411 e. The van der Waals surface area contributed by atoms with Crippen molar-refractivity contribution in [1.29, 1.82) is 0 Å². The van der Waals surface area contributed by atoms with E-state index in [-0.39, 0.29) is 23.7 Å². The molecular formula is C42H69N3O6S. The van der Waals surface area contributed by atoms with Gasteiger partial charge in [0.2, 0.25) is 10.0 Å². The number of aryl methyl sites for hydroxylation is 1. The van der Waals surface area contributed by atoms with Crippen LogP contribution in [-0.2, 0) is 21.4 Å². The lowest BCUT2D eigenvalue weighted by molar-refractivity contribution is 0.112. The number of hydrogen-bond donors (Lipinski definition) is 3. The molecule has 0 aliphatic heterocycles. The summed E-state index contributed by atoms with van der Waals surface area (Å²) < 4.78 is 33.8. The van der Waals surface area contributed by atoms with Crippen molar-refractivity contribution in [2.75, 3.05) is 35.6 Å². The maximum Gasteiger partial charge on any atom is 0.411 e. The maximum atomic E-state index is 12.8. The van der Waals surface area contributed by atoms with E-state index in [9.17, 15) is 23.1 Å². The monoisotopic (exact) mass is 743 g/mol. The summed E-state index contributed by atoms with van der Waals surface area (Å²) in [7, 11) is -3.34. The summed E-state index contributed by atoms with van der Waals surface area (Å²) in [5, 5.41) is 12.7. The molecule has 2 aromatic rings. The lowest BCUT2D eigenvalue weighted by Crippen LogP contribution is -2.36. The van der Waals surface area contributed by atoms with Crippen LogP contribution in [0.3, 0.4) is 0 Å². The molecule has 3 N–H and O–H groups in total. The molecule has 0 spiro atoms. The molecule has 0 fully saturated rings. The molecule has 0 aromatic heterocycles. The largest absolute Gasteiger partial charge is 0.507 e. The Morgan fingerprint density at radius 3 is 1.85 bits per heavy atom. The van der Waals surface area contributed by atoms with E-state index < -0.39 is 16.1 Å². The van der Waals surface area contributed by atoms with Crippen LogP contribution in [0.2, 0.25) is 0 Å². The van der Waals surface area contributed by atoms with Crippen molar-refractivity contribution in [3.05, 3.63) is 53.1 Å². The van der Waals surface area contributed by atoms with Crippen LogP contribution >= 0.6 is 0 Å². The molecule has 0 radical (unpaired) electrons. The highest BCUT2D eigenvalue weighted by Crippen LogP contribution is 2.24. The highest BCUT2D eigenvalue weighted by atomic mass is 32.2. The quantitative estimate of drug-likeness (QED) is 0.0518. The number of nitrogens with zero attached hydrogens (tertiary/aromatic N) is 1. The van der Waals surface area contributed by atoms with E-state index in [2.05, 4.69) is 28.8 Å². The fraction of sp³-hybridized carbons (Fsp3) is 0.667. The summed E-state index contributed by atoms with van der Waals surface area (Å²) in [6.07, 6.45) is 24.3. The summed E-state index contributed by atoms with van der Waals surface area (Å²) in [4.78, 5) is 25.7. The van der Waals surface area contributed by atoms with Gasteiger partial charge in [-0.1, -0.05) is 135 Å². The van der Waals surface area contributed by atoms with Crippen molar-refractivity contribution in [2.24, 2.45) is 0 Å². The van der Waals surface area contributed by atoms with Crippen molar-refractivity contribution in [1.82, 2.24) is 4.72 Å². The zero-order valence-electron chi connectivity index (χ0n) is 32.6. The molecule has 294 valence electrons. The average molecular weight is 744 g/mol. The molecule has 0 aliphatic rings. The minimum absolute atomic E-state index is 0.0585. The van der Waals surface area contributed by atoms with Gasteiger partial charge in [-0.05, 0) is 61.2 Å². The van der Waals surface area contributed by atoms with Crippen LogP contribution in [0.1, 0.15) is 164 Å². The Morgan fingerprint density at radius 1 is 0.750 bits per heavy atom. The lowest BCUT2D eigenvalue weighted by Gasteiger charge is -2.26. The predicted molar refractivity (Wildman–Crippen MR) is 216 cm³/mol. The number of carbonyl (C=O) groups is 2. The lowest BCUT2D eigenvalue weighted by atomic mass is 10.0. The van der Waals surface area contributed by atoms with Gasteiger partial charge in [0, 0.05) is 31.0 Å². The fourth-order valence-electron chi connectivity index (χ4n) is 6.41. The maximum absolute atomic E-state index is 12.8. The Bertz CT molecular complexity index is 1380. The Kier molecular flexibility index (Phi) is 23.8. The second kappa shape index (κ2) is 27.5. The first-order valence-electron chi connectivity index (χ1n) is 20.2. The van der Waals surface area contributed by atoms with E-state index in [0.29, 0.717) is 37.0 Å². The van der Waals surface area contributed by atoms with Gasteiger partial charge in [-0.25, -0.2) is 17.9 Å². The highest BCUT2D eigenvalue weighted by molar-refractivity contribution is 7.89. The summed E-state index contributed by atoms with van der Waals surface area (Å²) in [6.45, 7) is 8.03. The topological polar surface area (TPSA) is 125 Å². The van der Waals surface area contributed by atoms with Crippen molar-refractivity contribution in [3.63, 3.8) is 0 Å². The SMILES string of the molecule is CCCCCCCCCCCCCCCCS(=O)(=O)NCCN(CCCCCCCC)c1ccc(NC(=O)OCc2ccc(C=O)c(O)c2)c(C)c1. The standard InChI is InChI=1S/C42H69N3O6S/c1-4-6-8-10-12-13-14-15-16-17-18-19-21-23-31-52(49,50)43-28-30-45(29-22-20-11-9-7-5-2)39-26-27-40(36(3)32-39)44-42(48)51-35-37-24-25-38(34-46)41(47)33-37/h24-27,32-34,43,47H,4-23,28-31,35H2,1-3H3,(H,44,48). The molecule has 0 aliphatic carbocycles. The number of benzene rings is 2. The number of anilines is 2. The zero-order valence-corrected chi connectivity index (χ0v) is 33.4. The number of carbonyl (C=O) groups excluding carboxylic acids is 2. The Balaban J connectivity index is 1.78. The van der Waals surface area contributed by atoms with Gasteiger partial charge in [-0.2, -0.15) is 0 Å². The number of unbranched alkanes of at least 4 members (excludes halogenated alkanes) is 18. The number of amides is 1.